The normalized spacial score (nSPS) is 15.7. The molecule has 4 aromatic carbocycles. The predicted molar refractivity (Wildman–Crippen MR) is 178 cm³/mol. The number of benzene rings is 4. The Kier molecular flexibility index (Phi) is 10.5. The number of rotatable bonds is 10. The molecule has 226 valence electrons. The highest BCUT2D eigenvalue weighted by molar-refractivity contribution is 7.84. The minimum Gasteiger partial charge on any atom is -0.496 e. The molecule has 4 aromatic rings. The van der Waals surface area contributed by atoms with E-state index in [1.165, 1.54) is 5.56 Å². The molecule has 1 saturated heterocycles. The first-order valence-corrected chi connectivity index (χ1v) is 17.0. The number of piperidine rings is 1. The minimum atomic E-state index is -0.993. The van der Waals surface area contributed by atoms with E-state index >= 15 is 0 Å². The fraction of sp³-hybridized carbons (Fsp3) is 0.343. The van der Waals surface area contributed by atoms with Crippen molar-refractivity contribution in [3.05, 3.63) is 106 Å². The predicted octanol–water partition coefficient (Wildman–Crippen LogP) is 8.02. The molecular weight excluding hydrogens is 599 g/mol. The van der Waals surface area contributed by atoms with Crippen LogP contribution in [-0.2, 0) is 10.8 Å². The first-order chi connectivity index (χ1) is 20.8. The van der Waals surface area contributed by atoms with Crippen LogP contribution in [0.15, 0.2) is 83.8 Å². The van der Waals surface area contributed by atoms with E-state index in [0.717, 1.165) is 60.1 Å². The zero-order chi connectivity index (χ0) is 30.5. The molecular formula is C35H38Cl2N2O3S. The van der Waals surface area contributed by atoms with Gasteiger partial charge in [-0.2, -0.15) is 0 Å². The number of methoxy groups -OCH3 is 1. The maximum absolute atomic E-state index is 13.9. The van der Waals surface area contributed by atoms with Crippen LogP contribution in [0, 0.1) is 0 Å². The number of likely N-dealkylation sites (tertiary alicyclic amines) is 1. The molecule has 1 aliphatic rings. The van der Waals surface area contributed by atoms with E-state index in [-0.39, 0.29) is 11.8 Å². The topological polar surface area (TPSA) is 49.9 Å². The number of carbonyl (C=O) groups is 1. The third kappa shape index (κ3) is 7.26. The second-order valence-corrected chi connectivity index (χ2v) is 13.5. The van der Waals surface area contributed by atoms with Gasteiger partial charge >= 0.3 is 0 Å². The Hall–Kier alpha value is -2.90. The van der Waals surface area contributed by atoms with Gasteiger partial charge in [0, 0.05) is 30.7 Å². The molecule has 2 atom stereocenters. The smallest absolute Gasteiger partial charge is 0.258 e. The van der Waals surface area contributed by atoms with Gasteiger partial charge in [-0.3, -0.25) is 9.00 Å². The number of halogens is 2. The lowest BCUT2D eigenvalue weighted by atomic mass is 9.88. The number of likely N-dealkylation sites (N-methyl/N-ethyl adjacent to an activating group) is 1. The summed E-state index contributed by atoms with van der Waals surface area (Å²) in [6.07, 6.45) is 4.69. The van der Waals surface area contributed by atoms with Crippen molar-refractivity contribution in [3.8, 4) is 5.75 Å². The van der Waals surface area contributed by atoms with E-state index in [9.17, 15) is 9.00 Å². The number of carbonyl (C=O) groups excluding carboxylic acids is 1. The fourth-order valence-electron chi connectivity index (χ4n) is 6.26. The average molecular weight is 638 g/mol. The Balaban J connectivity index is 1.31. The molecule has 1 heterocycles. The van der Waals surface area contributed by atoms with Gasteiger partial charge in [0.2, 0.25) is 0 Å². The van der Waals surface area contributed by atoms with Crippen molar-refractivity contribution in [2.24, 2.45) is 0 Å². The monoisotopic (exact) mass is 636 g/mol. The Morgan fingerprint density at radius 3 is 2.44 bits per heavy atom. The highest BCUT2D eigenvalue weighted by Crippen LogP contribution is 2.34. The summed E-state index contributed by atoms with van der Waals surface area (Å²) in [6, 6.07) is 25.7. The number of hydrogen-bond acceptors (Lipinski definition) is 4. The summed E-state index contributed by atoms with van der Waals surface area (Å²) in [6.45, 7) is 3.38. The van der Waals surface area contributed by atoms with Gasteiger partial charge in [0.25, 0.3) is 5.91 Å². The van der Waals surface area contributed by atoms with Crippen molar-refractivity contribution in [1.29, 1.82) is 0 Å². The molecule has 0 unspecified atom stereocenters. The van der Waals surface area contributed by atoms with Gasteiger partial charge in [-0.1, -0.05) is 77.8 Å². The van der Waals surface area contributed by atoms with Gasteiger partial charge in [-0.25, -0.2) is 0 Å². The zero-order valence-electron chi connectivity index (χ0n) is 24.9. The first kappa shape index (κ1) is 31.5. The van der Waals surface area contributed by atoms with E-state index in [1.54, 1.807) is 18.3 Å². The fourth-order valence-corrected chi connectivity index (χ4v) is 7.41. The molecule has 1 amide bonds. The molecule has 0 bridgehead atoms. The van der Waals surface area contributed by atoms with Crippen LogP contribution in [0.5, 0.6) is 5.75 Å². The van der Waals surface area contributed by atoms with Gasteiger partial charge in [-0.05, 0) is 91.0 Å². The summed E-state index contributed by atoms with van der Waals surface area (Å²) in [5.41, 5.74) is 2.86. The summed E-state index contributed by atoms with van der Waals surface area (Å²) in [4.78, 5) is 19.2. The molecule has 5 nitrogen and oxygen atoms in total. The SMILES string of the molecule is COc1ccc2ccccc2c1C(=O)N(C)C[C@@H](CCN1CCC(c2ccccc2[S@](C)=O)CC1)c1ccc(Cl)c(Cl)c1. The molecule has 1 aliphatic heterocycles. The van der Waals surface area contributed by atoms with E-state index in [1.807, 2.05) is 79.8 Å². The van der Waals surface area contributed by atoms with Crippen molar-refractivity contribution in [2.45, 2.75) is 36.0 Å². The van der Waals surface area contributed by atoms with Crippen LogP contribution in [-0.4, -0.2) is 66.5 Å². The lowest BCUT2D eigenvalue weighted by molar-refractivity contribution is 0.0780. The zero-order valence-corrected chi connectivity index (χ0v) is 27.2. The number of ether oxygens (including phenoxy) is 1. The Morgan fingerprint density at radius 1 is 1.00 bits per heavy atom. The van der Waals surface area contributed by atoms with Gasteiger partial charge in [-0.15, -0.1) is 0 Å². The Morgan fingerprint density at radius 2 is 1.72 bits per heavy atom. The highest BCUT2D eigenvalue weighted by atomic mass is 35.5. The molecule has 0 spiro atoms. The molecule has 0 N–H and O–H groups in total. The molecule has 1 fully saturated rings. The molecule has 8 heteroatoms. The van der Waals surface area contributed by atoms with Crippen molar-refractivity contribution in [2.75, 3.05) is 46.6 Å². The number of amides is 1. The third-order valence-electron chi connectivity index (χ3n) is 8.63. The number of nitrogens with zero attached hydrogens (tertiary/aromatic N) is 2. The Labute approximate surface area is 267 Å². The van der Waals surface area contributed by atoms with Crippen molar-refractivity contribution in [1.82, 2.24) is 9.80 Å². The largest absolute Gasteiger partial charge is 0.496 e. The van der Waals surface area contributed by atoms with Gasteiger partial charge < -0.3 is 14.5 Å². The van der Waals surface area contributed by atoms with Crippen molar-refractivity contribution >= 4 is 50.7 Å². The molecule has 0 aromatic heterocycles. The second kappa shape index (κ2) is 14.3. The summed E-state index contributed by atoms with van der Waals surface area (Å²) in [7, 11) is 2.46. The van der Waals surface area contributed by atoms with E-state index in [0.29, 0.717) is 33.8 Å². The Bertz CT molecular complexity index is 1620. The third-order valence-corrected chi connectivity index (χ3v) is 10.4. The van der Waals surface area contributed by atoms with Crippen LogP contribution >= 0.6 is 23.2 Å². The standard InChI is InChI=1S/C35H38Cl2N2O3S/c1-38(35(40)34-29-10-5-4-8-24(29)13-15-32(34)42-2)23-27(26-12-14-30(36)31(37)22-26)18-21-39-19-16-25(17-20-39)28-9-6-7-11-33(28)43(3)41/h4-15,22,25,27H,16-21,23H2,1-3H3/t27-,43+/m1/s1. The lowest BCUT2D eigenvalue weighted by Gasteiger charge is -2.34. The average Bonchev–Trinajstić information content (AvgIpc) is 3.03. The summed E-state index contributed by atoms with van der Waals surface area (Å²) >= 11 is 12.7. The number of fused-ring (bicyclic) bond motifs is 1. The van der Waals surface area contributed by atoms with E-state index < -0.39 is 10.8 Å². The maximum atomic E-state index is 13.9. The molecule has 0 radical (unpaired) electrons. The van der Waals surface area contributed by atoms with Crippen molar-refractivity contribution < 1.29 is 13.7 Å². The summed E-state index contributed by atoms with van der Waals surface area (Å²) in [5.74, 6) is 0.969. The number of hydrogen-bond donors (Lipinski definition) is 0. The molecule has 0 saturated carbocycles. The van der Waals surface area contributed by atoms with Gasteiger partial charge in [0.05, 0.1) is 33.5 Å². The van der Waals surface area contributed by atoms with Crippen LogP contribution < -0.4 is 4.74 Å². The molecule has 5 rings (SSSR count). The van der Waals surface area contributed by atoms with Crippen molar-refractivity contribution in [3.63, 3.8) is 0 Å². The molecule has 0 aliphatic carbocycles. The second-order valence-electron chi connectivity index (χ2n) is 11.3. The van der Waals surface area contributed by atoms with Crippen LogP contribution in [0.1, 0.15) is 52.6 Å². The van der Waals surface area contributed by atoms with Gasteiger partial charge in [0.1, 0.15) is 5.75 Å². The minimum absolute atomic E-state index is 0.0608. The highest BCUT2D eigenvalue weighted by Gasteiger charge is 2.26. The van der Waals surface area contributed by atoms with Crippen LogP contribution in [0.2, 0.25) is 10.0 Å². The quantitative estimate of drug-likeness (QED) is 0.177. The van der Waals surface area contributed by atoms with E-state index in [2.05, 4.69) is 11.0 Å². The summed E-state index contributed by atoms with van der Waals surface area (Å²) < 4.78 is 17.9. The van der Waals surface area contributed by atoms with Crippen LogP contribution in [0.3, 0.4) is 0 Å². The van der Waals surface area contributed by atoms with Crippen LogP contribution in [0.4, 0.5) is 0 Å². The summed E-state index contributed by atoms with van der Waals surface area (Å²) in [5, 5.41) is 2.91. The van der Waals surface area contributed by atoms with Crippen LogP contribution in [0.25, 0.3) is 10.8 Å². The first-order valence-electron chi connectivity index (χ1n) is 14.7. The van der Waals surface area contributed by atoms with E-state index in [4.69, 9.17) is 27.9 Å². The molecule has 43 heavy (non-hydrogen) atoms. The maximum Gasteiger partial charge on any atom is 0.258 e. The lowest BCUT2D eigenvalue weighted by Crippen LogP contribution is -2.36. The van der Waals surface area contributed by atoms with Gasteiger partial charge in [0.15, 0.2) is 0 Å².